The van der Waals surface area contributed by atoms with Crippen molar-refractivity contribution in [3.63, 3.8) is 0 Å². The molecule has 0 aromatic heterocycles. The van der Waals surface area contributed by atoms with Crippen LogP contribution in [-0.4, -0.2) is 43.3 Å². The van der Waals surface area contributed by atoms with Crippen LogP contribution in [-0.2, 0) is 20.9 Å². The normalized spacial score (nSPS) is 19.4. The highest BCUT2D eigenvalue weighted by atomic mass is 16.5. The average molecular weight is 622 g/mol. The summed E-state index contributed by atoms with van der Waals surface area (Å²) in [4.78, 5) is 30.6. The van der Waals surface area contributed by atoms with Crippen LogP contribution < -0.4 is 9.47 Å². The first kappa shape index (κ1) is 32.1. The van der Waals surface area contributed by atoms with Crippen molar-refractivity contribution in [3.8, 4) is 11.5 Å². The predicted molar refractivity (Wildman–Crippen MR) is 182 cm³/mol. The maximum atomic E-state index is 14.2. The van der Waals surface area contributed by atoms with Crippen molar-refractivity contribution in [3.05, 3.63) is 94.3 Å². The van der Waals surface area contributed by atoms with Gasteiger partial charge in [0.15, 0.2) is 23.1 Å². The summed E-state index contributed by atoms with van der Waals surface area (Å²) in [7, 11) is 1.72. The minimum absolute atomic E-state index is 0.131. The number of rotatable bonds is 10. The van der Waals surface area contributed by atoms with Gasteiger partial charge in [-0.15, -0.1) is 0 Å². The van der Waals surface area contributed by atoms with Crippen molar-refractivity contribution in [2.24, 2.45) is 10.8 Å². The van der Waals surface area contributed by atoms with Gasteiger partial charge in [-0.1, -0.05) is 76.2 Å². The van der Waals surface area contributed by atoms with E-state index in [0.717, 1.165) is 64.9 Å². The zero-order chi connectivity index (χ0) is 32.6. The van der Waals surface area contributed by atoms with Crippen LogP contribution in [0.25, 0.3) is 10.8 Å². The molecule has 0 bridgehead atoms. The number of carbonyl (C=O) groups is 2. The third-order valence-electron chi connectivity index (χ3n) is 9.62. The minimum Gasteiger partial charge on any atom is -0.490 e. The number of fused-ring (bicyclic) bond motifs is 1. The van der Waals surface area contributed by atoms with Gasteiger partial charge in [-0.2, -0.15) is 0 Å². The zero-order valence-corrected chi connectivity index (χ0v) is 28.2. The largest absolute Gasteiger partial charge is 0.490 e. The van der Waals surface area contributed by atoms with E-state index in [1.54, 1.807) is 7.11 Å². The molecule has 3 aromatic carbocycles. The molecule has 46 heavy (non-hydrogen) atoms. The molecule has 0 amide bonds. The molecule has 2 aliphatic carbocycles. The Hall–Kier alpha value is -3.90. The smallest absolute Gasteiger partial charge is 0.162 e. The molecule has 0 fully saturated rings. The average Bonchev–Trinajstić information content (AvgIpc) is 3.00. The molecular formula is C40H47NO5. The summed E-state index contributed by atoms with van der Waals surface area (Å²) in [6.45, 7) is 12.9. The molecule has 6 heteroatoms. The van der Waals surface area contributed by atoms with Gasteiger partial charge in [0.25, 0.3) is 0 Å². The molecule has 0 atom stereocenters. The maximum Gasteiger partial charge on any atom is 0.162 e. The second kappa shape index (κ2) is 12.7. The molecule has 0 radical (unpaired) electrons. The van der Waals surface area contributed by atoms with Gasteiger partial charge in [0.05, 0.1) is 6.61 Å². The standard InChI is InChI=1S/C40H47NO5/c1-7-45-35-20-27(16-17-34(35)46-25-28-14-10-13-26-12-8-9-15-29(26)28)36-37-30(21-39(2,3)23-32(37)42)41(18-11-19-44-6)31-22-40(4,5)24-33(43)38(31)36/h8-10,12-17,20,36H,7,11,18-19,21-25H2,1-6H3. The topological polar surface area (TPSA) is 65.1 Å². The first-order chi connectivity index (χ1) is 22.0. The van der Waals surface area contributed by atoms with Crippen LogP contribution in [0.4, 0.5) is 0 Å². The van der Waals surface area contributed by atoms with Crippen molar-refractivity contribution >= 4 is 22.3 Å². The Labute approximate surface area is 273 Å². The lowest BCUT2D eigenvalue weighted by Gasteiger charge is -2.49. The Kier molecular flexibility index (Phi) is 8.86. The summed E-state index contributed by atoms with van der Waals surface area (Å²) in [6, 6.07) is 20.5. The van der Waals surface area contributed by atoms with E-state index < -0.39 is 5.92 Å². The third-order valence-corrected chi connectivity index (χ3v) is 9.62. The lowest BCUT2D eigenvalue weighted by Crippen LogP contribution is -2.44. The van der Waals surface area contributed by atoms with E-state index >= 15 is 0 Å². The Morgan fingerprint density at radius 1 is 0.783 bits per heavy atom. The molecule has 6 nitrogen and oxygen atoms in total. The number of nitrogens with zero attached hydrogens (tertiary/aromatic N) is 1. The van der Waals surface area contributed by atoms with Crippen LogP contribution in [0, 0.1) is 10.8 Å². The van der Waals surface area contributed by atoms with E-state index in [4.69, 9.17) is 14.2 Å². The van der Waals surface area contributed by atoms with Crippen LogP contribution >= 0.6 is 0 Å². The van der Waals surface area contributed by atoms with Gasteiger partial charge < -0.3 is 19.1 Å². The van der Waals surface area contributed by atoms with Crippen LogP contribution in [0.5, 0.6) is 11.5 Å². The second-order valence-corrected chi connectivity index (χ2v) is 14.6. The van der Waals surface area contributed by atoms with Crippen molar-refractivity contribution in [2.45, 2.75) is 79.2 Å². The number of Topliss-reactive ketones (excluding diaryl/α,β-unsaturated/α-hetero) is 2. The van der Waals surface area contributed by atoms with Crippen LogP contribution in [0.2, 0.25) is 0 Å². The fourth-order valence-electron chi connectivity index (χ4n) is 7.68. The molecule has 0 saturated carbocycles. The molecule has 3 aromatic rings. The van der Waals surface area contributed by atoms with E-state index in [1.807, 2.05) is 37.3 Å². The maximum absolute atomic E-state index is 14.2. The lowest BCUT2D eigenvalue weighted by atomic mass is 9.63. The number of hydrogen-bond acceptors (Lipinski definition) is 6. The molecule has 6 rings (SSSR count). The van der Waals surface area contributed by atoms with Crippen LogP contribution in [0.3, 0.4) is 0 Å². The summed E-state index contributed by atoms with van der Waals surface area (Å²) in [5, 5.41) is 2.33. The van der Waals surface area contributed by atoms with Crippen molar-refractivity contribution in [2.75, 3.05) is 26.9 Å². The second-order valence-electron chi connectivity index (χ2n) is 14.6. The van der Waals surface area contributed by atoms with Gasteiger partial charge in [-0.05, 0) is 71.0 Å². The summed E-state index contributed by atoms with van der Waals surface area (Å²) < 4.78 is 18.0. The minimum atomic E-state index is -0.429. The lowest BCUT2D eigenvalue weighted by molar-refractivity contribution is -0.119. The van der Waals surface area contributed by atoms with E-state index in [2.05, 4.69) is 62.9 Å². The van der Waals surface area contributed by atoms with Crippen LogP contribution in [0.1, 0.15) is 83.8 Å². The Bertz CT molecular complexity index is 1670. The molecule has 0 N–H and O–H groups in total. The summed E-state index contributed by atoms with van der Waals surface area (Å²) in [6.07, 6.45) is 3.30. The molecule has 0 saturated heterocycles. The number of ketones is 2. The SMILES string of the molecule is CCOc1cc(C2C3=C(CC(C)(C)CC3=O)N(CCCOC)C3=C2C(=O)CC(C)(C)C3)ccc1OCc1cccc2ccccc12. The number of carbonyl (C=O) groups excluding carboxylic acids is 2. The molecule has 1 aliphatic heterocycles. The van der Waals surface area contributed by atoms with Gasteiger partial charge in [0.2, 0.25) is 0 Å². The van der Waals surface area contributed by atoms with Gasteiger partial charge in [0.1, 0.15) is 6.61 Å². The molecule has 3 aliphatic rings. The molecule has 1 heterocycles. The molecular weight excluding hydrogens is 574 g/mol. The first-order valence-electron chi connectivity index (χ1n) is 16.7. The van der Waals surface area contributed by atoms with E-state index in [9.17, 15) is 9.59 Å². The predicted octanol–water partition coefficient (Wildman–Crippen LogP) is 8.54. The van der Waals surface area contributed by atoms with E-state index in [-0.39, 0.29) is 22.4 Å². The number of methoxy groups -OCH3 is 1. The molecule has 242 valence electrons. The number of hydrogen-bond donors (Lipinski definition) is 0. The van der Waals surface area contributed by atoms with Crippen molar-refractivity contribution in [1.29, 1.82) is 0 Å². The molecule has 0 spiro atoms. The third kappa shape index (κ3) is 6.24. The van der Waals surface area contributed by atoms with Gasteiger partial charge in [0, 0.05) is 61.6 Å². The highest BCUT2D eigenvalue weighted by Gasteiger charge is 2.49. The number of ether oxygens (including phenoxy) is 3. The Balaban J connectivity index is 1.44. The number of allylic oxidation sites excluding steroid dienone is 4. The highest BCUT2D eigenvalue weighted by Crippen LogP contribution is 2.55. The summed E-state index contributed by atoms with van der Waals surface area (Å²) >= 11 is 0. The zero-order valence-electron chi connectivity index (χ0n) is 28.2. The fourth-order valence-corrected chi connectivity index (χ4v) is 7.68. The summed E-state index contributed by atoms with van der Waals surface area (Å²) in [5.41, 5.74) is 5.36. The Morgan fingerprint density at radius 2 is 1.43 bits per heavy atom. The van der Waals surface area contributed by atoms with Gasteiger partial charge in [-0.3, -0.25) is 9.59 Å². The van der Waals surface area contributed by atoms with Gasteiger partial charge in [-0.25, -0.2) is 0 Å². The van der Waals surface area contributed by atoms with Crippen molar-refractivity contribution < 1.29 is 23.8 Å². The van der Waals surface area contributed by atoms with E-state index in [0.29, 0.717) is 44.2 Å². The molecule has 0 unspecified atom stereocenters. The Morgan fingerprint density at radius 3 is 2.09 bits per heavy atom. The fraction of sp³-hybridized carbons (Fsp3) is 0.450. The number of benzene rings is 3. The summed E-state index contributed by atoms with van der Waals surface area (Å²) in [5.74, 6) is 1.10. The van der Waals surface area contributed by atoms with Crippen LogP contribution in [0.15, 0.2) is 83.2 Å². The monoisotopic (exact) mass is 621 g/mol. The highest BCUT2D eigenvalue weighted by molar-refractivity contribution is 6.06. The first-order valence-corrected chi connectivity index (χ1v) is 16.7. The van der Waals surface area contributed by atoms with Crippen molar-refractivity contribution in [1.82, 2.24) is 4.90 Å². The quantitative estimate of drug-likeness (QED) is 0.212. The van der Waals surface area contributed by atoms with E-state index in [1.165, 1.54) is 5.39 Å². The van der Waals surface area contributed by atoms with Gasteiger partial charge >= 0.3 is 0 Å².